The van der Waals surface area contributed by atoms with Crippen LogP contribution in [0.1, 0.15) is 25.7 Å². The summed E-state index contributed by atoms with van der Waals surface area (Å²) in [5, 5.41) is 11.0. The number of carbonyl (C=O) groups excluding carboxylic acids is 2. The zero-order valence-corrected chi connectivity index (χ0v) is 10.9. The molecular weight excluding hydrogens is 252 g/mol. The number of hydrogen-bond acceptors (Lipinski definition) is 4. The van der Waals surface area contributed by atoms with Gasteiger partial charge in [0.15, 0.2) is 0 Å². The van der Waals surface area contributed by atoms with E-state index in [-0.39, 0.29) is 31.1 Å². The van der Waals surface area contributed by atoms with Crippen molar-refractivity contribution in [3.05, 3.63) is 0 Å². The van der Waals surface area contributed by atoms with Gasteiger partial charge in [-0.15, -0.1) is 0 Å². The molecule has 7 heteroatoms. The summed E-state index contributed by atoms with van der Waals surface area (Å²) in [5.41, 5.74) is 0. The molecule has 1 heterocycles. The molecule has 0 spiro atoms. The van der Waals surface area contributed by atoms with Gasteiger partial charge in [-0.25, -0.2) is 0 Å². The summed E-state index contributed by atoms with van der Waals surface area (Å²) >= 11 is 0. The predicted molar refractivity (Wildman–Crippen MR) is 66.5 cm³/mol. The van der Waals surface area contributed by atoms with Crippen LogP contribution in [-0.2, 0) is 19.1 Å². The number of aliphatic carboxylic acids is 1. The van der Waals surface area contributed by atoms with E-state index in [1.807, 2.05) is 0 Å². The fourth-order valence-electron chi connectivity index (χ4n) is 1.77. The first-order valence-corrected chi connectivity index (χ1v) is 6.43. The minimum atomic E-state index is -0.907. The lowest BCUT2D eigenvalue weighted by molar-refractivity contribution is -0.137. The lowest BCUT2D eigenvalue weighted by Gasteiger charge is -2.26. The van der Waals surface area contributed by atoms with Gasteiger partial charge in [0.05, 0.1) is 13.2 Å². The highest BCUT2D eigenvalue weighted by Crippen LogP contribution is 2.00. The molecule has 108 valence electrons. The van der Waals surface area contributed by atoms with E-state index < -0.39 is 5.97 Å². The van der Waals surface area contributed by atoms with Gasteiger partial charge in [-0.05, 0) is 6.42 Å². The molecule has 0 unspecified atom stereocenters. The summed E-state index contributed by atoms with van der Waals surface area (Å²) in [5.74, 6) is -1.11. The van der Waals surface area contributed by atoms with Crippen molar-refractivity contribution in [2.24, 2.45) is 0 Å². The summed E-state index contributed by atoms with van der Waals surface area (Å²) in [6.45, 7) is 2.62. The van der Waals surface area contributed by atoms with Crippen LogP contribution < -0.4 is 5.32 Å². The van der Waals surface area contributed by atoms with Crippen molar-refractivity contribution in [3.63, 3.8) is 0 Å². The molecule has 0 bridgehead atoms. The first-order valence-electron chi connectivity index (χ1n) is 6.43. The Balaban J connectivity index is 2.06. The van der Waals surface area contributed by atoms with Crippen LogP contribution in [0.5, 0.6) is 0 Å². The normalized spacial score (nSPS) is 15.1. The lowest BCUT2D eigenvalue weighted by atomic mass is 10.2. The molecule has 0 atom stereocenters. The molecule has 0 aromatic rings. The fourth-order valence-corrected chi connectivity index (χ4v) is 1.77. The van der Waals surface area contributed by atoms with Gasteiger partial charge >= 0.3 is 5.97 Å². The van der Waals surface area contributed by atoms with E-state index in [9.17, 15) is 14.4 Å². The van der Waals surface area contributed by atoms with Crippen molar-refractivity contribution in [1.29, 1.82) is 0 Å². The van der Waals surface area contributed by atoms with E-state index in [1.165, 1.54) is 0 Å². The maximum atomic E-state index is 11.7. The first-order chi connectivity index (χ1) is 9.09. The largest absolute Gasteiger partial charge is 0.481 e. The highest BCUT2D eigenvalue weighted by Gasteiger charge is 2.16. The van der Waals surface area contributed by atoms with Crippen LogP contribution in [0.3, 0.4) is 0 Å². The zero-order chi connectivity index (χ0) is 14.1. The van der Waals surface area contributed by atoms with E-state index in [2.05, 4.69) is 5.32 Å². The number of nitrogens with zero attached hydrogens (tertiary/aromatic N) is 1. The third-order valence-corrected chi connectivity index (χ3v) is 2.82. The molecule has 1 fully saturated rings. The van der Waals surface area contributed by atoms with E-state index in [4.69, 9.17) is 9.84 Å². The molecule has 1 saturated heterocycles. The van der Waals surface area contributed by atoms with Crippen molar-refractivity contribution in [2.75, 3.05) is 32.8 Å². The zero-order valence-electron chi connectivity index (χ0n) is 10.9. The molecule has 7 nitrogen and oxygen atoms in total. The fraction of sp³-hybridized carbons (Fsp3) is 0.750. The number of ether oxygens (including phenoxy) is 1. The Hall–Kier alpha value is -1.63. The average Bonchev–Trinajstić information content (AvgIpc) is 2.39. The van der Waals surface area contributed by atoms with E-state index in [1.54, 1.807) is 4.90 Å². The SMILES string of the molecule is O=C(O)CCCC(=O)NCCC(=O)N1CCOCC1. The standard InChI is InChI=1S/C12H20N2O5/c15-10(2-1-3-12(17)18)13-5-4-11(16)14-6-8-19-9-7-14/h1-9H2,(H,13,15)(H,17,18). The monoisotopic (exact) mass is 272 g/mol. The second-order valence-electron chi connectivity index (χ2n) is 4.34. The molecule has 19 heavy (non-hydrogen) atoms. The van der Waals surface area contributed by atoms with Crippen molar-refractivity contribution in [1.82, 2.24) is 10.2 Å². The van der Waals surface area contributed by atoms with Crippen LogP contribution >= 0.6 is 0 Å². The van der Waals surface area contributed by atoms with E-state index in [0.29, 0.717) is 39.3 Å². The van der Waals surface area contributed by atoms with Crippen molar-refractivity contribution >= 4 is 17.8 Å². The number of carbonyl (C=O) groups is 3. The Morgan fingerprint density at radius 2 is 1.79 bits per heavy atom. The lowest BCUT2D eigenvalue weighted by Crippen LogP contribution is -2.42. The predicted octanol–water partition coefficient (Wildman–Crippen LogP) is -0.394. The average molecular weight is 272 g/mol. The number of hydrogen-bond donors (Lipinski definition) is 2. The molecular formula is C12H20N2O5. The highest BCUT2D eigenvalue weighted by molar-refractivity contribution is 5.79. The van der Waals surface area contributed by atoms with Crippen LogP contribution in [-0.4, -0.2) is 60.6 Å². The number of rotatable bonds is 7. The van der Waals surface area contributed by atoms with Crippen molar-refractivity contribution in [2.45, 2.75) is 25.7 Å². The third-order valence-electron chi connectivity index (χ3n) is 2.82. The first kappa shape index (κ1) is 15.4. The van der Waals surface area contributed by atoms with Crippen LogP contribution in [0.4, 0.5) is 0 Å². The van der Waals surface area contributed by atoms with Gasteiger partial charge in [0.1, 0.15) is 0 Å². The second-order valence-corrected chi connectivity index (χ2v) is 4.34. The van der Waals surface area contributed by atoms with Gasteiger partial charge in [-0.3, -0.25) is 14.4 Å². The summed E-state index contributed by atoms with van der Waals surface area (Å²) in [6.07, 6.45) is 0.751. The number of carboxylic acids is 1. The third kappa shape index (κ3) is 6.76. The quantitative estimate of drug-likeness (QED) is 0.658. The number of amides is 2. The van der Waals surface area contributed by atoms with Crippen molar-refractivity contribution in [3.8, 4) is 0 Å². The van der Waals surface area contributed by atoms with Crippen LogP contribution in [0.15, 0.2) is 0 Å². The minimum absolute atomic E-state index is 0.00846. The molecule has 0 aliphatic carbocycles. The molecule has 0 aromatic heterocycles. The maximum absolute atomic E-state index is 11.7. The van der Waals surface area contributed by atoms with Gasteiger partial charge in [0.25, 0.3) is 0 Å². The summed E-state index contributed by atoms with van der Waals surface area (Å²) in [7, 11) is 0. The van der Waals surface area contributed by atoms with Gasteiger partial charge in [0, 0.05) is 38.9 Å². The van der Waals surface area contributed by atoms with Gasteiger partial charge in [0.2, 0.25) is 11.8 Å². The Labute approximate surface area is 111 Å². The number of morpholine rings is 1. The summed E-state index contributed by atoms with van der Waals surface area (Å²) in [4.78, 5) is 35.0. The van der Waals surface area contributed by atoms with Crippen molar-refractivity contribution < 1.29 is 24.2 Å². The number of nitrogens with one attached hydrogen (secondary N) is 1. The highest BCUT2D eigenvalue weighted by atomic mass is 16.5. The van der Waals surface area contributed by atoms with Crippen LogP contribution in [0.25, 0.3) is 0 Å². The van der Waals surface area contributed by atoms with Crippen LogP contribution in [0, 0.1) is 0 Å². The molecule has 1 aliphatic heterocycles. The summed E-state index contributed by atoms with van der Waals surface area (Å²) in [6, 6.07) is 0. The van der Waals surface area contributed by atoms with Gasteiger partial charge in [-0.2, -0.15) is 0 Å². The van der Waals surface area contributed by atoms with E-state index in [0.717, 1.165) is 0 Å². The maximum Gasteiger partial charge on any atom is 0.303 e. The Bertz CT molecular complexity index is 326. The van der Waals surface area contributed by atoms with Gasteiger partial charge < -0.3 is 20.1 Å². The molecule has 0 aromatic carbocycles. The summed E-state index contributed by atoms with van der Waals surface area (Å²) < 4.78 is 5.14. The molecule has 1 rings (SSSR count). The smallest absolute Gasteiger partial charge is 0.303 e. The topological polar surface area (TPSA) is 95.9 Å². The van der Waals surface area contributed by atoms with Gasteiger partial charge in [-0.1, -0.05) is 0 Å². The Morgan fingerprint density at radius 3 is 2.42 bits per heavy atom. The van der Waals surface area contributed by atoms with E-state index >= 15 is 0 Å². The minimum Gasteiger partial charge on any atom is -0.481 e. The Morgan fingerprint density at radius 1 is 1.11 bits per heavy atom. The Kier molecular flexibility index (Phi) is 6.88. The number of carboxylic acid groups (broad SMARTS) is 1. The molecule has 2 N–H and O–H groups in total. The second kappa shape index (κ2) is 8.47. The molecule has 0 radical (unpaired) electrons. The molecule has 1 aliphatic rings. The van der Waals surface area contributed by atoms with Crippen LogP contribution in [0.2, 0.25) is 0 Å². The molecule has 2 amide bonds. The molecule has 0 saturated carbocycles.